The summed E-state index contributed by atoms with van der Waals surface area (Å²) in [7, 11) is 1.92. The summed E-state index contributed by atoms with van der Waals surface area (Å²) >= 11 is 0. The van der Waals surface area contributed by atoms with Crippen LogP contribution in [0.25, 0.3) is 22.0 Å². The van der Waals surface area contributed by atoms with Crippen molar-refractivity contribution in [3.63, 3.8) is 0 Å². The first kappa shape index (κ1) is 26.8. The molecule has 2 aliphatic heterocycles. The number of amides is 1. The predicted molar refractivity (Wildman–Crippen MR) is 148 cm³/mol. The lowest BCUT2D eigenvalue weighted by atomic mass is 9.96. The van der Waals surface area contributed by atoms with Crippen molar-refractivity contribution in [1.82, 2.24) is 25.2 Å². The first-order valence-electron chi connectivity index (χ1n) is 14.0. The number of aromatic nitrogens is 3. The smallest absolute Gasteiger partial charge is 0.237 e. The summed E-state index contributed by atoms with van der Waals surface area (Å²) in [6.45, 7) is 0.619. The van der Waals surface area contributed by atoms with Gasteiger partial charge >= 0.3 is 0 Å². The molecule has 10 nitrogen and oxygen atoms in total. The second kappa shape index (κ2) is 11.6. The third-order valence-electron chi connectivity index (χ3n) is 8.13. The van der Waals surface area contributed by atoms with E-state index in [1.807, 2.05) is 30.1 Å². The van der Waals surface area contributed by atoms with Crippen molar-refractivity contribution in [2.24, 2.45) is 0 Å². The van der Waals surface area contributed by atoms with Gasteiger partial charge in [0, 0.05) is 41.5 Å². The normalized spacial score (nSPS) is 27.6. The Hall–Kier alpha value is -3.41. The molecule has 1 aromatic carbocycles. The van der Waals surface area contributed by atoms with E-state index < -0.39 is 12.3 Å². The molecule has 0 radical (unpaired) electrons. The van der Waals surface area contributed by atoms with E-state index in [4.69, 9.17) is 9.47 Å². The molecular weight excluding hydrogens is 515 g/mol. The number of fused-ring (bicyclic) bond motifs is 3. The zero-order valence-electron chi connectivity index (χ0n) is 22.6. The fraction of sp³-hybridized carbons (Fsp3) is 0.517. The summed E-state index contributed by atoms with van der Waals surface area (Å²) in [4.78, 5) is 28.5. The number of aliphatic hydroxyl groups excluding tert-OH is 1. The van der Waals surface area contributed by atoms with Gasteiger partial charge in [0.05, 0.1) is 42.2 Å². The van der Waals surface area contributed by atoms with Gasteiger partial charge in [-0.05, 0) is 57.4 Å². The van der Waals surface area contributed by atoms with Crippen molar-refractivity contribution in [2.45, 2.75) is 69.2 Å². The number of carbonyl (C=O) groups is 1. The molecule has 4 bridgehead atoms. The Labute approximate surface area is 232 Å². The number of rotatable bonds is 4. The molecule has 1 saturated heterocycles. The average molecular weight is 551 g/mol. The molecule has 11 heteroatoms. The van der Waals surface area contributed by atoms with Gasteiger partial charge in [-0.15, -0.1) is 0 Å². The number of likely N-dealkylation sites (tertiary alicyclic amines) is 1. The number of nitrogens with zero attached hydrogens (tertiary/aromatic N) is 4. The number of anilines is 1. The van der Waals surface area contributed by atoms with Gasteiger partial charge in [-0.2, -0.15) is 0 Å². The van der Waals surface area contributed by atoms with E-state index in [2.05, 4.69) is 25.6 Å². The third-order valence-corrected chi connectivity index (χ3v) is 8.13. The maximum Gasteiger partial charge on any atom is 0.237 e. The van der Waals surface area contributed by atoms with Crippen LogP contribution in [0.5, 0.6) is 5.75 Å². The lowest BCUT2D eigenvalue weighted by molar-refractivity contribution is -0.127. The highest BCUT2D eigenvalue weighted by atomic mass is 19.1. The lowest BCUT2D eigenvalue weighted by Gasteiger charge is -2.37. The van der Waals surface area contributed by atoms with Gasteiger partial charge in [0.15, 0.2) is 12.0 Å². The van der Waals surface area contributed by atoms with Crippen LogP contribution >= 0.6 is 0 Å². The summed E-state index contributed by atoms with van der Waals surface area (Å²) in [6, 6.07) is 5.51. The molecule has 3 aliphatic rings. The first-order chi connectivity index (χ1) is 19.4. The number of hydrogen-bond donors (Lipinski definition) is 3. The van der Waals surface area contributed by atoms with E-state index in [1.165, 1.54) is 0 Å². The largest absolute Gasteiger partial charge is 0.489 e. The fourth-order valence-corrected chi connectivity index (χ4v) is 5.80. The van der Waals surface area contributed by atoms with Crippen LogP contribution in [-0.2, 0) is 16.1 Å². The standard InChI is InChI=1S/C29H35FN6O4/c1-36-8-7-19-10-24(36)29(38)34-13-18(30)15-40-28-21(5-6-23-22(28)9-20(35-19)14-31-23)17-11-32-27(33-12-17)16-39-26-4-2-3-25(26)37/h5-6,9,11-12,14,18-19,24-26,35,37H,2-4,7-8,10,13,15-16H2,1H3,(H,34,38)/t18-,19+,24+,25+,26+/m1/s1. The summed E-state index contributed by atoms with van der Waals surface area (Å²) < 4.78 is 26.9. The van der Waals surface area contributed by atoms with Gasteiger partial charge in [0.2, 0.25) is 5.91 Å². The van der Waals surface area contributed by atoms with Crippen molar-refractivity contribution >= 4 is 22.5 Å². The number of ether oxygens (including phenoxy) is 2. The molecule has 1 amide bonds. The Morgan fingerprint density at radius 1 is 1.18 bits per heavy atom. The number of alkyl halides is 1. The molecule has 40 heavy (non-hydrogen) atoms. The number of likely N-dealkylation sites (N-methyl/N-ethyl adjacent to an activating group) is 1. The van der Waals surface area contributed by atoms with Crippen LogP contribution in [0.2, 0.25) is 0 Å². The number of aliphatic hydroxyl groups is 1. The summed E-state index contributed by atoms with van der Waals surface area (Å²) in [5.74, 6) is 0.833. The second-order valence-corrected chi connectivity index (χ2v) is 11.0. The summed E-state index contributed by atoms with van der Waals surface area (Å²) in [5, 5.41) is 17.1. The van der Waals surface area contributed by atoms with Crippen LogP contribution in [0.4, 0.5) is 10.1 Å². The number of hydrogen-bond acceptors (Lipinski definition) is 9. The van der Waals surface area contributed by atoms with Crippen molar-refractivity contribution in [2.75, 3.05) is 32.1 Å². The molecule has 6 rings (SSSR count). The van der Waals surface area contributed by atoms with Crippen LogP contribution in [0.15, 0.2) is 36.8 Å². The van der Waals surface area contributed by atoms with E-state index in [-0.39, 0.29) is 43.9 Å². The van der Waals surface area contributed by atoms with Crippen LogP contribution < -0.4 is 15.4 Å². The predicted octanol–water partition coefficient (Wildman–Crippen LogP) is 2.84. The molecule has 1 aliphatic carbocycles. The first-order valence-corrected chi connectivity index (χ1v) is 14.0. The van der Waals surface area contributed by atoms with Gasteiger partial charge < -0.3 is 25.2 Å². The second-order valence-electron chi connectivity index (χ2n) is 11.0. The molecule has 2 aromatic heterocycles. The average Bonchev–Trinajstić information content (AvgIpc) is 3.38. The molecule has 5 atom stereocenters. The highest BCUT2D eigenvalue weighted by Crippen LogP contribution is 2.37. The molecule has 4 heterocycles. The maximum atomic E-state index is 15.0. The van der Waals surface area contributed by atoms with Crippen LogP contribution in [0.3, 0.4) is 0 Å². The zero-order chi connectivity index (χ0) is 27.6. The minimum absolute atomic E-state index is 0.0800. The Balaban J connectivity index is 1.30. The Bertz CT molecular complexity index is 1360. The van der Waals surface area contributed by atoms with Gasteiger partial charge in [-0.3, -0.25) is 14.7 Å². The molecule has 1 saturated carbocycles. The minimum Gasteiger partial charge on any atom is -0.489 e. The highest BCUT2D eigenvalue weighted by Gasteiger charge is 2.32. The third kappa shape index (κ3) is 5.72. The van der Waals surface area contributed by atoms with E-state index in [0.717, 1.165) is 48.8 Å². The SMILES string of the molecule is CN1CC[C@H]2C[C@H]1C(=O)NC[C@@H](F)COc1c(-c3cnc(CO[C@H]4CCC[C@@H]4O)nc3)ccc3ncc(cc13)N2. The number of nitrogens with one attached hydrogen (secondary N) is 2. The minimum atomic E-state index is -1.39. The van der Waals surface area contributed by atoms with E-state index in [0.29, 0.717) is 29.1 Å². The molecule has 2 fully saturated rings. The lowest BCUT2D eigenvalue weighted by Crippen LogP contribution is -2.53. The van der Waals surface area contributed by atoms with E-state index in [1.54, 1.807) is 18.6 Å². The van der Waals surface area contributed by atoms with E-state index >= 15 is 0 Å². The molecule has 0 unspecified atom stereocenters. The number of halogens is 1. The van der Waals surface area contributed by atoms with Gasteiger partial charge in [0.1, 0.15) is 19.0 Å². The van der Waals surface area contributed by atoms with Crippen molar-refractivity contribution in [3.05, 3.63) is 42.6 Å². The fourth-order valence-electron chi connectivity index (χ4n) is 5.80. The number of carbonyl (C=O) groups excluding carboxylic acids is 1. The molecule has 0 spiro atoms. The van der Waals surface area contributed by atoms with Crippen LogP contribution in [0, 0.1) is 0 Å². The molecule has 3 N–H and O–H groups in total. The van der Waals surface area contributed by atoms with Crippen molar-refractivity contribution < 1.29 is 23.8 Å². The van der Waals surface area contributed by atoms with Crippen LogP contribution in [-0.4, -0.2) is 88.1 Å². The summed E-state index contributed by atoms with van der Waals surface area (Å²) in [6.07, 6.45) is 7.20. The van der Waals surface area contributed by atoms with Gasteiger partial charge in [-0.25, -0.2) is 14.4 Å². The number of benzene rings is 1. The summed E-state index contributed by atoms with van der Waals surface area (Å²) in [5.41, 5.74) is 2.97. The molecule has 3 aromatic rings. The van der Waals surface area contributed by atoms with Crippen molar-refractivity contribution in [1.29, 1.82) is 0 Å². The Morgan fingerprint density at radius 3 is 2.83 bits per heavy atom. The number of pyridine rings is 1. The quantitative estimate of drug-likeness (QED) is 0.450. The zero-order valence-corrected chi connectivity index (χ0v) is 22.6. The van der Waals surface area contributed by atoms with E-state index in [9.17, 15) is 14.3 Å². The molecule has 212 valence electrons. The Kier molecular flexibility index (Phi) is 7.77. The van der Waals surface area contributed by atoms with Gasteiger partial charge in [-0.1, -0.05) is 0 Å². The molecular formula is C29H35FN6O4. The maximum absolute atomic E-state index is 15.0. The highest BCUT2D eigenvalue weighted by molar-refractivity contribution is 5.94. The Morgan fingerprint density at radius 2 is 2.02 bits per heavy atom. The van der Waals surface area contributed by atoms with Crippen LogP contribution in [0.1, 0.15) is 37.9 Å². The van der Waals surface area contributed by atoms with Gasteiger partial charge in [0.25, 0.3) is 0 Å². The number of piperidine rings is 1. The monoisotopic (exact) mass is 550 g/mol. The topological polar surface area (TPSA) is 122 Å². The van der Waals surface area contributed by atoms with Crippen molar-refractivity contribution in [3.8, 4) is 16.9 Å².